The minimum atomic E-state index is -1.21. The summed E-state index contributed by atoms with van der Waals surface area (Å²) in [5, 5.41) is 22.4. The Hall–Kier alpha value is -2.71. The van der Waals surface area contributed by atoms with Crippen molar-refractivity contribution >= 4 is 11.9 Å². The molecule has 2 aromatic rings. The summed E-state index contributed by atoms with van der Waals surface area (Å²) < 4.78 is 5.04. The number of anilines is 1. The van der Waals surface area contributed by atoms with Gasteiger partial charge in [0, 0.05) is 6.54 Å². The van der Waals surface area contributed by atoms with Crippen LogP contribution in [0.3, 0.4) is 0 Å². The average Bonchev–Trinajstić information content (AvgIpc) is 2.61. The Morgan fingerprint density at radius 1 is 1.21 bits per heavy atom. The van der Waals surface area contributed by atoms with Crippen LogP contribution >= 0.6 is 0 Å². The number of nitrogens with one attached hydrogen (secondary N) is 1. The molecule has 0 saturated heterocycles. The van der Waals surface area contributed by atoms with E-state index < -0.39 is 18.3 Å². The van der Waals surface area contributed by atoms with Gasteiger partial charge in [-0.1, -0.05) is 30.3 Å². The number of nitrogens with two attached hydrogens (primary N) is 1. The largest absolute Gasteiger partial charge is 0.445 e. The molecule has 128 valence electrons. The molecule has 5 N–H and O–H groups in total. The lowest BCUT2D eigenvalue weighted by molar-refractivity contribution is 0.0109. The fourth-order valence-corrected chi connectivity index (χ4v) is 1.95. The number of ether oxygens (including phenoxy) is 1. The number of aliphatic hydroxyl groups excluding tert-OH is 2. The third-order valence-electron chi connectivity index (χ3n) is 3.28. The van der Waals surface area contributed by atoms with Crippen molar-refractivity contribution in [2.75, 3.05) is 12.3 Å². The van der Waals surface area contributed by atoms with Crippen molar-refractivity contribution in [2.24, 2.45) is 0 Å². The Labute approximate surface area is 139 Å². The number of benzene rings is 1. The minimum absolute atomic E-state index is 0.133. The van der Waals surface area contributed by atoms with Crippen LogP contribution in [0, 0.1) is 0 Å². The SMILES string of the molecule is Nc1cnc(C(O)C(O)CCNC(=O)OCc2ccccc2)cn1. The summed E-state index contributed by atoms with van der Waals surface area (Å²) in [6.07, 6.45) is -0.173. The first-order valence-electron chi connectivity index (χ1n) is 7.44. The van der Waals surface area contributed by atoms with Gasteiger partial charge < -0.3 is 26.0 Å². The van der Waals surface area contributed by atoms with E-state index in [0.29, 0.717) is 0 Å². The number of aromatic nitrogens is 2. The molecule has 1 amide bonds. The number of carbonyl (C=O) groups is 1. The normalized spacial score (nSPS) is 13.1. The molecule has 0 aliphatic heterocycles. The molecule has 0 radical (unpaired) electrons. The zero-order chi connectivity index (χ0) is 17.4. The molecule has 24 heavy (non-hydrogen) atoms. The van der Waals surface area contributed by atoms with Gasteiger partial charge in [-0.3, -0.25) is 4.98 Å². The van der Waals surface area contributed by atoms with Crippen molar-refractivity contribution in [3.05, 3.63) is 54.0 Å². The Morgan fingerprint density at radius 3 is 2.62 bits per heavy atom. The van der Waals surface area contributed by atoms with Gasteiger partial charge in [-0.2, -0.15) is 0 Å². The van der Waals surface area contributed by atoms with Gasteiger partial charge in [0.05, 0.1) is 24.2 Å². The second-order valence-corrected chi connectivity index (χ2v) is 5.16. The van der Waals surface area contributed by atoms with Crippen LogP contribution in [0.5, 0.6) is 0 Å². The first-order valence-corrected chi connectivity index (χ1v) is 7.44. The first-order chi connectivity index (χ1) is 11.6. The van der Waals surface area contributed by atoms with Crippen LogP contribution in [0.15, 0.2) is 42.7 Å². The fraction of sp³-hybridized carbons (Fsp3) is 0.312. The van der Waals surface area contributed by atoms with Gasteiger partial charge in [0.2, 0.25) is 0 Å². The molecule has 8 heteroatoms. The highest BCUT2D eigenvalue weighted by atomic mass is 16.5. The van der Waals surface area contributed by atoms with Crippen LogP contribution in [-0.4, -0.2) is 38.9 Å². The zero-order valence-electron chi connectivity index (χ0n) is 13.0. The summed E-state index contributed by atoms with van der Waals surface area (Å²) in [7, 11) is 0. The van der Waals surface area contributed by atoms with Gasteiger partial charge in [-0.05, 0) is 12.0 Å². The van der Waals surface area contributed by atoms with Crippen molar-refractivity contribution in [1.82, 2.24) is 15.3 Å². The summed E-state index contributed by atoms with van der Waals surface area (Å²) in [5.74, 6) is 0.225. The van der Waals surface area contributed by atoms with Crippen LogP contribution in [-0.2, 0) is 11.3 Å². The standard InChI is InChI=1S/C16H20N4O4/c17-14-9-19-12(8-20-14)15(22)13(21)6-7-18-16(23)24-10-11-4-2-1-3-5-11/h1-5,8-9,13,15,21-22H,6-7,10H2,(H2,17,20)(H,18,23). The third kappa shape index (κ3) is 5.49. The van der Waals surface area contributed by atoms with Crippen LogP contribution in [0.25, 0.3) is 0 Å². The van der Waals surface area contributed by atoms with Crippen LogP contribution in [0.4, 0.5) is 10.6 Å². The van der Waals surface area contributed by atoms with E-state index in [-0.39, 0.29) is 31.1 Å². The lowest BCUT2D eigenvalue weighted by Gasteiger charge is -2.17. The van der Waals surface area contributed by atoms with Crippen molar-refractivity contribution in [2.45, 2.75) is 25.2 Å². The van der Waals surface area contributed by atoms with Crippen molar-refractivity contribution < 1.29 is 19.7 Å². The summed E-state index contributed by atoms with van der Waals surface area (Å²) in [5.41, 5.74) is 6.50. The molecule has 0 spiro atoms. The van der Waals surface area contributed by atoms with Gasteiger partial charge in [-0.25, -0.2) is 9.78 Å². The average molecular weight is 332 g/mol. The van der Waals surface area contributed by atoms with Crippen molar-refractivity contribution in [3.63, 3.8) is 0 Å². The number of hydrogen-bond donors (Lipinski definition) is 4. The number of hydrogen-bond acceptors (Lipinski definition) is 7. The number of nitrogens with zero attached hydrogens (tertiary/aromatic N) is 2. The number of alkyl carbamates (subject to hydrolysis) is 1. The van der Waals surface area contributed by atoms with E-state index in [1.807, 2.05) is 30.3 Å². The number of amides is 1. The first kappa shape index (κ1) is 17.6. The molecule has 0 fully saturated rings. The van der Waals surface area contributed by atoms with Gasteiger partial charge in [0.15, 0.2) is 0 Å². The van der Waals surface area contributed by atoms with E-state index in [9.17, 15) is 15.0 Å². The van der Waals surface area contributed by atoms with E-state index in [4.69, 9.17) is 10.5 Å². The molecule has 0 aliphatic rings. The quantitative estimate of drug-likeness (QED) is 0.589. The zero-order valence-corrected chi connectivity index (χ0v) is 13.0. The number of carbonyl (C=O) groups excluding carboxylic acids is 1. The Bertz CT molecular complexity index is 636. The second-order valence-electron chi connectivity index (χ2n) is 5.16. The van der Waals surface area contributed by atoms with E-state index in [1.165, 1.54) is 12.4 Å². The predicted octanol–water partition coefficient (Wildman–Crippen LogP) is 0.770. The topological polar surface area (TPSA) is 131 Å². The maximum Gasteiger partial charge on any atom is 0.407 e. The monoisotopic (exact) mass is 332 g/mol. The summed E-state index contributed by atoms with van der Waals surface area (Å²) >= 11 is 0. The predicted molar refractivity (Wildman–Crippen MR) is 86.7 cm³/mol. The molecule has 1 aromatic heterocycles. The van der Waals surface area contributed by atoms with Crippen molar-refractivity contribution in [3.8, 4) is 0 Å². The highest BCUT2D eigenvalue weighted by Gasteiger charge is 2.20. The molecule has 2 rings (SSSR count). The molecular formula is C16H20N4O4. The van der Waals surface area contributed by atoms with Crippen LogP contribution in [0.2, 0.25) is 0 Å². The van der Waals surface area contributed by atoms with E-state index in [2.05, 4.69) is 15.3 Å². The van der Waals surface area contributed by atoms with Gasteiger partial charge >= 0.3 is 6.09 Å². The number of rotatable bonds is 7. The molecule has 8 nitrogen and oxygen atoms in total. The highest BCUT2D eigenvalue weighted by Crippen LogP contribution is 2.16. The number of nitrogen functional groups attached to an aromatic ring is 1. The van der Waals surface area contributed by atoms with Crippen LogP contribution < -0.4 is 11.1 Å². The van der Waals surface area contributed by atoms with Gasteiger partial charge in [0.1, 0.15) is 18.5 Å². The Morgan fingerprint density at radius 2 is 1.96 bits per heavy atom. The van der Waals surface area contributed by atoms with Crippen molar-refractivity contribution in [1.29, 1.82) is 0 Å². The Balaban J connectivity index is 1.68. The van der Waals surface area contributed by atoms with E-state index in [1.54, 1.807) is 0 Å². The highest BCUT2D eigenvalue weighted by molar-refractivity contribution is 5.67. The molecule has 0 bridgehead atoms. The van der Waals surface area contributed by atoms with Crippen LogP contribution in [0.1, 0.15) is 23.8 Å². The molecular weight excluding hydrogens is 312 g/mol. The maximum absolute atomic E-state index is 11.6. The van der Waals surface area contributed by atoms with E-state index in [0.717, 1.165) is 5.56 Å². The fourth-order valence-electron chi connectivity index (χ4n) is 1.95. The van der Waals surface area contributed by atoms with E-state index >= 15 is 0 Å². The summed E-state index contributed by atoms with van der Waals surface area (Å²) in [6.45, 7) is 0.313. The molecule has 2 unspecified atom stereocenters. The summed E-state index contributed by atoms with van der Waals surface area (Å²) in [6, 6.07) is 9.28. The Kier molecular flexibility index (Phi) is 6.47. The molecule has 0 aliphatic carbocycles. The third-order valence-corrected chi connectivity index (χ3v) is 3.28. The smallest absolute Gasteiger partial charge is 0.407 e. The summed E-state index contributed by atoms with van der Waals surface area (Å²) in [4.78, 5) is 19.3. The molecule has 1 aromatic carbocycles. The maximum atomic E-state index is 11.6. The molecule has 2 atom stereocenters. The number of aliphatic hydroxyl groups is 2. The van der Waals surface area contributed by atoms with Gasteiger partial charge in [0.25, 0.3) is 0 Å². The lowest BCUT2D eigenvalue weighted by Crippen LogP contribution is -2.30. The second kappa shape index (κ2) is 8.80. The molecule has 1 heterocycles. The lowest BCUT2D eigenvalue weighted by atomic mass is 10.1. The van der Waals surface area contributed by atoms with Gasteiger partial charge in [-0.15, -0.1) is 0 Å². The molecule has 0 saturated carbocycles. The minimum Gasteiger partial charge on any atom is -0.445 e.